The maximum absolute atomic E-state index is 14.6. The Hall–Kier alpha value is -4.80. The number of piperazine rings is 1. The first-order chi connectivity index (χ1) is 23.4. The summed E-state index contributed by atoms with van der Waals surface area (Å²) in [7, 11) is 0. The normalized spacial score (nSPS) is 20.7. The molecule has 3 aromatic rings. The first-order valence-electron chi connectivity index (χ1n) is 15.5. The van der Waals surface area contributed by atoms with Gasteiger partial charge in [-0.25, -0.2) is 15.4 Å². The maximum atomic E-state index is 14.6. The van der Waals surface area contributed by atoms with Crippen molar-refractivity contribution in [1.82, 2.24) is 40.5 Å². The Labute approximate surface area is 284 Å². The number of hydrazine groups is 1. The fourth-order valence-electron chi connectivity index (χ4n) is 5.78. The minimum atomic E-state index is -4.59. The minimum absolute atomic E-state index is 0.103. The number of hydrogen-bond donors (Lipinski definition) is 3. The second kappa shape index (κ2) is 14.0. The molecule has 0 saturated carbocycles. The molecule has 0 bridgehead atoms. The predicted molar refractivity (Wildman–Crippen MR) is 170 cm³/mol. The van der Waals surface area contributed by atoms with Crippen LogP contribution < -0.4 is 10.7 Å². The summed E-state index contributed by atoms with van der Waals surface area (Å²) in [5, 5.41) is 14.7. The third kappa shape index (κ3) is 7.16. The summed E-state index contributed by atoms with van der Waals surface area (Å²) in [6.45, 7) is 4.95. The molecular weight excluding hydrogens is 667 g/mol. The van der Waals surface area contributed by atoms with Gasteiger partial charge in [-0.05, 0) is 37.1 Å². The van der Waals surface area contributed by atoms with Crippen LogP contribution in [0.4, 0.5) is 13.2 Å². The number of aromatic nitrogens is 3. The number of fused-ring (bicyclic) bond motifs is 1. The SMILES string of the molecule is CC/C1=C(\N2CCN(C(=O)c3ncnc(C)c3O)CC2)C(=O)N(Cc2ccc(C(F)(F)F)cc2Cl)NC(c2cnc3c(c2)COC3)/N=C/N1. The van der Waals surface area contributed by atoms with Crippen molar-refractivity contribution < 1.29 is 32.6 Å². The summed E-state index contributed by atoms with van der Waals surface area (Å²) < 4.78 is 45.8. The van der Waals surface area contributed by atoms with Crippen molar-refractivity contribution >= 4 is 29.8 Å². The maximum Gasteiger partial charge on any atom is 0.416 e. The lowest BCUT2D eigenvalue weighted by molar-refractivity contribution is -0.137. The highest BCUT2D eigenvalue weighted by Crippen LogP contribution is 2.33. The van der Waals surface area contributed by atoms with Crippen LogP contribution in [0.5, 0.6) is 5.75 Å². The fourth-order valence-corrected chi connectivity index (χ4v) is 6.02. The highest BCUT2D eigenvalue weighted by atomic mass is 35.5. The summed E-state index contributed by atoms with van der Waals surface area (Å²) >= 11 is 6.36. The molecule has 17 heteroatoms. The van der Waals surface area contributed by atoms with Gasteiger partial charge >= 0.3 is 6.18 Å². The molecule has 49 heavy (non-hydrogen) atoms. The number of aliphatic imine (C=N–C) groups is 1. The largest absolute Gasteiger partial charge is 0.504 e. The van der Waals surface area contributed by atoms with Gasteiger partial charge in [0.2, 0.25) is 0 Å². The topological polar surface area (TPSA) is 148 Å². The van der Waals surface area contributed by atoms with Crippen molar-refractivity contribution in [3.8, 4) is 5.75 Å². The van der Waals surface area contributed by atoms with E-state index in [2.05, 4.69) is 30.7 Å². The summed E-state index contributed by atoms with van der Waals surface area (Å²) in [6.07, 6.45) is -0.676. The molecule has 1 atom stereocenters. The van der Waals surface area contributed by atoms with Gasteiger partial charge in [-0.3, -0.25) is 24.6 Å². The fraction of sp³-hybridized carbons (Fsp3) is 0.375. The van der Waals surface area contributed by atoms with E-state index in [0.29, 0.717) is 36.6 Å². The van der Waals surface area contributed by atoms with Crippen molar-refractivity contribution in [3.05, 3.63) is 92.5 Å². The van der Waals surface area contributed by atoms with Gasteiger partial charge in [-0.1, -0.05) is 24.6 Å². The van der Waals surface area contributed by atoms with Crippen molar-refractivity contribution in [2.75, 3.05) is 26.2 Å². The highest BCUT2D eigenvalue weighted by Gasteiger charge is 2.35. The Morgan fingerprint density at radius 1 is 1.12 bits per heavy atom. The van der Waals surface area contributed by atoms with E-state index in [9.17, 15) is 27.9 Å². The number of alkyl halides is 3. The van der Waals surface area contributed by atoms with Crippen LogP contribution in [0, 0.1) is 6.92 Å². The molecule has 0 radical (unpaired) electrons. The molecular formula is C32H33ClF3N9O4. The summed E-state index contributed by atoms with van der Waals surface area (Å²) in [6, 6.07) is 4.89. The molecule has 0 spiro atoms. The molecule has 3 N–H and O–H groups in total. The Bertz CT molecular complexity index is 1830. The number of pyridine rings is 1. The number of hydrogen-bond acceptors (Lipinski definition) is 11. The molecule has 1 saturated heterocycles. The van der Waals surface area contributed by atoms with Crippen LogP contribution in [0.1, 0.15) is 63.6 Å². The summed E-state index contributed by atoms with van der Waals surface area (Å²) in [4.78, 5) is 48.3. The van der Waals surface area contributed by atoms with E-state index in [1.165, 1.54) is 28.6 Å². The molecule has 1 unspecified atom stereocenters. The number of aryl methyl sites for hydroxylation is 1. The second-order valence-electron chi connectivity index (χ2n) is 11.6. The van der Waals surface area contributed by atoms with Crippen LogP contribution in [-0.2, 0) is 35.5 Å². The van der Waals surface area contributed by atoms with Gasteiger partial charge in [0, 0.05) is 54.2 Å². The van der Waals surface area contributed by atoms with E-state index in [1.807, 2.05) is 17.9 Å². The molecule has 3 aliphatic rings. The molecule has 1 fully saturated rings. The van der Waals surface area contributed by atoms with Crippen LogP contribution in [0.3, 0.4) is 0 Å². The standard InChI is InChI=1S/C32H33ClF3N9O4/c1-3-24-27(43-6-8-44(9-7-43)30(47)26-28(46)18(2)38-16-40-26)31(48)45(13-19-4-5-22(11-23(19)33)32(34,35)36)42-29(41-17-39-24)20-10-21-14-49-15-25(21)37-12-20/h4-5,10-12,16-17,29,42,46H,3,6-9,13-15H2,1-2H3,(H,39,41)/b27-24+. The van der Waals surface area contributed by atoms with Crippen molar-refractivity contribution in [1.29, 1.82) is 0 Å². The molecule has 1 aromatic carbocycles. The van der Waals surface area contributed by atoms with Gasteiger partial charge in [0.1, 0.15) is 18.2 Å². The number of carbonyl (C=O) groups is 2. The zero-order valence-corrected chi connectivity index (χ0v) is 27.3. The van der Waals surface area contributed by atoms with E-state index < -0.39 is 29.7 Å². The second-order valence-corrected chi connectivity index (χ2v) is 12.0. The predicted octanol–water partition coefficient (Wildman–Crippen LogP) is 3.83. The number of nitrogens with one attached hydrogen (secondary N) is 2. The zero-order chi connectivity index (χ0) is 34.9. The van der Waals surface area contributed by atoms with Gasteiger partial charge in [0.15, 0.2) is 11.4 Å². The Balaban J connectivity index is 1.31. The van der Waals surface area contributed by atoms with Crippen LogP contribution >= 0.6 is 11.6 Å². The first kappa shape index (κ1) is 34.1. The van der Waals surface area contributed by atoms with Gasteiger partial charge < -0.3 is 25.0 Å². The Kier molecular flexibility index (Phi) is 9.72. The number of benzene rings is 1. The van der Waals surface area contributed by atoms with Crippen LogP contribution in [0.15, 0.2) is 53.2 Å². The number of ether oxygens (including phenoxy) is 1. The lowest BCUT2D eigenvalue weighted by Crippen LogP contribution is -2.53. The minimum Gasteiger partial charge on any atom is -0.504 e. The van der Waals surface area contributed by atoms with Crippen molar-refractivity contribution in [2.45, 2.75) is 52.4 Å². The van der Waals surface area contributed by atoms with Crippen LogP contribution in [-0.4, -0.2) is 79.2 Å². The lowest BCUT2D eigenvalue weighted by atomic mass is 10.1. The Morgan fingerprint density at radius 3 is 2.61 bits per heavy atom. The number of amides is 2. The van der Waals surface area contributed by atoms with Crippen molar-refractivity contribution in [2.24, 2.45) is 4.99 Å². The van der Waals surface area contributed by atoms with E-state index in [1.54, 1.807) is 13.1 Å². The molecule has 2 amide bonds. The molecule has 13 nitrogen and oxygen atoms in total. The quantitative estimate of drug-likeness (QED) is 0.347. The van der Waals surface area contributed by atoms with E-state index in [4.69, 9.17) is 16.3 Å². The van der Waals surface area contributed by atoms with Gasteiger partial charge in [0.25, 0.3) is 11.8 Å². The molecule has 258 valence electrons. The number of halogens is 4. The summed E-state index contributed by atoms with van der Waals surface area (Å²) in [5.74, 6) is -1.24. The number of allylic oxidation sites excluding steroid dienone is 1. The number of rotatable bonds is 6. The molecule has 6 rings (SSSR count). The smallest absolute Gasteiger partial charge is 0.416 e. The third-order valence-corrected chi connectivity index (χ3v) is 8.87. The van der Waals surface area contributed by atoms with Gasteiger partial charge in [-0.15, -0.1) is 0 Å². The van der Waals surface area contributed by atoms with E-state index >= 15 is 0 Å². The van der Waals surface area contributed by atoms with E-state index in [-0.39, 0.29) is 60.4 Å². The Morgan fingerprint density at radius 2 is 1.90 bits per heavy atom. The lowest BCUT2D eigenvalue weighted by Gasteiger charge is -2.39. The zero-order valence-electron chi connectivity index (χ0n) is 26.6. The number of nitrogens with zero attached hydrogens (tertiary/aromatic N) is 7. The van der Waals surface area contributed by atoms with Crippen LogP contribution in [0.2, 0.25) is 5.02 Å². The number of aromatic hydroxyl groups is 1. The van der Waals surface area contributed by atoms with Crippen LogP contribution in [0.25, 0.3) is 0 Å². The first-order valence-corrected chi connectivity index (χ1v) is 15.9. The average molecular weight is 700 g/mol. The van der Waals surface area contributed by atoms with Crippen molar-refractivity contribution in [3.63, 3.8) is 0 Å². The van der Waals surface area contributed by atoms with Gasteiger partial charge in [0.05, 0.1) is 43.0 Å². The summed E-state index contributed by atoms with van der Waals surface area (Å²) in [5.41, 5.74) is 5.87. The highest BCUT2D eigenvalue weighted by molar-refractivity contribution is 6.31. The van der Waals surface area contributed by atoms with E-state index in [0.717, 1.165) is 23.4 Å². The third-order valence-electron chi connectivity index (χ3n) is 8.52. The monoisotopic (exact) mass is 699 g/mol. The molecule has 5 heterocycles. The number of carbonyl (C=O) groups excluding carboxylic acids is 2. The van der Waals surface area contributed by atoms with Gasteiger partial charge in [-0.2, -0.15) is 13.2 Å². The molecule has 3 aliphatic heterocycles. The molecule has 0 aliphatic carbocycles. The molecule has 2 aromatic heterocycles. The average Bonchev–Trinajstić information content (AvgIpc) is 3.57.